The minimum absolute atomic E-state index is 0.0648. The molecule has 26 heavy (non-hydrogen) atoms. The van der Waals surface area contributed by atoms with Crippen molar-refractivity contribution >= 4 is 15.9 Å². The van der Waals surface area contributed by atoms with Crippen molar-refractivity contribution in [3.05, 3.63) is 88.4 Å². The second kappa shape index (κ2) is 8.78. The van der Waals surface area contributed by atoms with Crippen molar-refractivity contribution in [3.63, 3.8) is 0 Å². The summed E-state index contributed by atoms with van der Waals surface area (Å²) >= 11 is 3.11. The molecule has 134 valence electrons. The van der Waals surface area contributed by atoms with E-state index in [1.54, 1.807) is 42.7 Å². The van der Waals surface area contributed by atoms with Gasteiger partial charge in [0.1, 0.15) is 36.6 Å². The highest BCUT2D eigenvalue weighted by molar-refractivity contribution is 9.10. The molecule has 0 saturated heterocycles. The quantitative estimate of drug-likeness (QED) is 0.606. The molecule has 3 aromatic rings. The van der Waals surface area contributed by atoms with Gasteiger partial charge >= 0.3 is 0 Å². The number of rotatable bonds is 7. The number of hydrogen-bond acceptors (Lipinski definition) is 4. The Balaban J connectivity index is 1.51. The molecule has 1 heterocycles. The number of pyridine rings is 1. The molecular weight excluding hydrogens is 401 g/mol. The molecule has 0 aliphatic carbocycles. The molecule has 0 bridgehead atoms. The van der Waals surface area contributed by atoms with E-state index >= 15 is 0 Å². The Hall–Kier alpha value is -2.44. The third kappa shape index (κ3) is 5.03. The van der Waals surface area contributed by atoms with E-state index in [1.807, 2.05) is 12.1 Å². The van der Waals surface area contributed by atoms with E-state index in [0.29, 0.717) is 22.4 Å². The molecule has 0 fully saturated rings. The first kappa shape index (κ1) is 18.4. The van der Waals surface area contributed by atoms with Crippen molar-refractivity contribution in [2.75, 3.05) is 6.61 Å². The number of benzene rings is 2. The number of aromatic nitrogens is 1. The van der Waals surface area contributed by atoms with Crippen molar-refractivity contribution in [2.45, 2.75) is 12.7 Å². The maximum absolute atomic E-state index is 13.2. The van der Waals surface area contributed by atoms with Gasteiger partial charge in [0.25, 0.3) is 0 Å². The average molecular weight is 418 g/mol. The summed E-state index contributed by atoms with van der Waals surface area (Å²) in [6.45, 7) is 0.524. The number of aliphatic hydroxyl groups is 1. The zero-order valence-corrected chi connectivity index (χ0v) is 15.4. The molecule has 0 saturated carbocycles. The van der Waals surface area contributed by atoms with E-state index in [9.17, 15) is 9.50 Å². The molecule has 2 aromatic carbocycles. The van der Waals surface area contributed by atoms with Gasteiger partial charge in [-0.05, 0) is 75.6 Å². The van der Waals surface area contributed by atoms with E-state index in [4.69, 9.17) is 9.47 Å². The summed E-state index contributed by atoms with van der Waals surface area (Å²) in [5.41, 5.74) is 1.62. The van der Waals surface area contributed by atoms with Gasteiger partial charge in [-0.15, -0.1) is 0 Å². The highest BCUT2D eigenvalue weighted by Crippen LogP contribution is 2.23. The molecular formula is C20H17BrFNO3. The Morgan fingerprint density at radius 3 is 2.27 bits per heavy atom. The minimum atomic E-state index is -0.852. The SMILES string of the molecule is OC(COc1ccc(OCc2ccncc2)cc1)c1ccc(F)c(Br)c1. The van der Waals surface area contributed by atoms with Crippen molar-refractivity contribution in [1.29, 1.82) is 0 Å². The Morgan fingerprint density at radius 1 is 0.962 bits per heavy atom. The van der Waals surface area contributed by atoms with Gasteiger partial charge in [-0.3, -0.25) is 4.98 Å². The minimum Gasteiger partial charge on any atom is -0.491 e. The van der Waals surface area contributed by atoms with Crippen LogP contribution in [0.15, 0.2) is 71.5 Å². The van der Waals surface area contributed by atoms with Crippen molar-refractivity contribution in [1.82, 2.24) is 4.98 Å². The summed E-state index contributed by atoms with van der Waals surface area (Å²) in [5.74, 6) is 0.961. The standard InChI is InChI=1S/C20H17BrFNO3/c21-18-11-15(1-6-19(18)22)20(24)13-26-17-4-2-16(3-5-17)25-12-14-7-9-23-10-8-14/h1-11,20,24H,12-13H2. The maximum Gasteiger partial charge on any atom is 0.137 e. The van der Waals surface area contributed by atoms with Crippen LogP contribution in [-0.4, -0.2) is 16.7 Å². The lowest BCUT2D eigenvalue weighted by Gasteiger charge is -2.14. The van der Waals surface area contributed by atoms with E-state index < -0.39 is 6.10 Å². The van der Waals surface area contributed by atoms with Crippen LogP contribution < -0.4 is 9.47 Å². The van der Waals surface area contributed by atoms with E-state index in [1.165, 1.54) is 12.1 Å². The predicted molar refractivity (Wildman–Crippen MR) is 99.6 cm³/mol. The molecule has 0 amide bonds. The van der Waals surface area contributed by atoms with E-state index in [2.05, 4.69) is 20.9 Å². The van der Waals surface area contributed by atoms with Crippen LogP contribution in [0, 0.1) is 5.82 Å². The maximum atomic E-state index is 13.2. The van der Waals surface area contributed by atoms with Gasteiger partial charge in [0, 0.05) is 12.4 Å². The fraction of sp³-hybridized carbons (Fsp3) is 0.150. The van der Waals surface area contributed by atoms with Crippen LogP contribution >= 0.6 is 15.9 Å². The second-order valence-corrected chi connectivity index (χ2v) is 6.47. The molecule has 0 aliphatic rings. The lowest BCUT2D eigenvalue weighted by atomic mass is 10.1. The third-order valence-electron chi connectivity index (χ3n) is 3.71. The van der Waals surface area contributed by atoms with Gasteiger partial charge in [-0.25, -0.2) is 4.39 Å². The first-order valence-corrected chi connectivity index (χ1v) is 8.79. The highest BCUT2D eigenvalue weighted by Gasteiger charge is 2.11. The van der Waals surface area contributed by atoms with Gasteiger partial charge in [0.15, 0.2) is 0 Å². The average Bonchev–Trinajstić information content (AvgIpc) is 2.68. The Labute approximate surface area is 159 Å². The summed E-state index contributed by atoms with van der Waals surface area (Å²) in [6, 6.07) is 15.3. The van der Waals surface area contributed by atoms with E-state index in [0.717, 1.165) is 11.3 Å². The summed E-state index contributed by atoms with van der Waals surface area (Å²) in [5, 5.41) is 10.2. The predicted octanol–water partition coefficient (Wildman–Crippen LogP) is 4.67. The van der Waals surface area contributed by atoms with Crippen LogP contribution in [0.1, 0.15) is 17.2 Å². The number of ether oxygens (including phenoxy) is 2. The Morgan fingerprint density at radius 2 is 1.62 bits per heavy atom. The summed E-state index contributed by atoms with van der Waals surface area (Å²) in [4.78, 5) is 3.96. The first-order valence-electron chi connectivity index (χ1n) is 7.99. The monoisotopic (exact) mass is 417 g/mol. The molecule has 1 atom stereocenters. The van der Waals surface area contributed by atoms with Crippen molar-refractivity contribution < 1.29 is 19.0 Å². The lowest BCUT2D eigenvalue weighted by molar-refractivity contribution is 0.108. The molecule has 0 spiro atoms. The van der Waals surface area contributed by atoms with Crippen LogP contribution in [0.2, 0.25) is 0 Å². The molecule has 1 unspecified atom stereocenters. The molecule has 1 aromatic heterocycles. The number of halogens is 2. The second-order valence-electron chi connectivity index (χ2n) is 5.62. The molecule has 1 N–H and O–H groups in total. The van der Waals surface area contributed by atoms with Gasteiger partial charge in [-0.2, -0.15) is 0 Å². The fourth-order valence-electron chi connectivity index (χ4n) is 2.27. The molecule has 6 heteroatoms. The molecule has 4 nitrogen and oxygen atoms in total. The van der Waals surface area contributed by atoms with Gasteiger partial charge in [-0.1, -0.05) is 6.07 Å². The zero-order chi connectivity index (χ0) is 18.4. The largest absolute Gasteiger partial charge is 0.491 e. The smallest absolute Gasteiger partial charge is 0.137 e. The van der Waals surface area contributed by atoms with Crippen molar-refractivity contribution in [2.24, 2.45) is 0 Å². The van der Waals surface area contributed by atoms with Crippen molar-refractivity contribution in [3.8, 4) is 11.5 Å². The number of hydrogen-bond donors (Lipinski definition) is 1. The van der Waals surface area contributed by atoms with E-state index in [-0.39, 0.29) is 12.4 Å². The van der Waals surface area contributed by atoms with Gasteiger partial charge in [0.05, 0.1) is 4.47 Å². The van der Waals surface area contributed by atoms with Crippen LogP contribution in [0.4, 0.5) is 4.39 Å². The normalized spacial score (nSPS) is 11.8. The van der Waals surface area contributed by atoms with Gasteiger partial charge < -0.3 is 14.6 Å². The number of nitrogens with zero attached hydrogens (tertiary/aromatic N) is 1. The molecule has 0 aliphatic heterocycles. The third-order valence-corrected chi connectivity index (χ3v) is 4.32. The van der Waals surface area contributed by atoms with Crippen LogP contribution in [0.25, 0.3) is 0 Å². The van der Waals surface area contributed by atoms with Crippen LogP contribution in [-0.2, 0) is 6.61 Å². The summed E-state index contributed by atoms with van der Waals surface area (Å²) in [6.07, 6.45) is 2.59. The molecule has 3 rings (SSSR count). The first-order chi connectivity index (χ1) is 12.6. The Kier molecular flexibility index (Phi) is 6.20. The fourth-order valence-corrected chi connectivity index (χ4v) is 2.67. The Bertz CT molecular complexity index is 843. The highest BCUT2D eigenvalue weighted by atomic mass is 79.9. The summed E-state index contributed by atoms with van der Waals surface area (Å²) < 4.78 is 24.8. The lowest BCUT2D eigenvalue weighted by Crippen LogP contribution is -2.09. The summed E-state index contributed by atoms with van der Waals surface area (Å²) in [7, 11) is 0. The number of aliphatic hydroxyl groups excluding tert-OH is 1. The van der Waals surface area contributed by atoms with Crippen LogP contribution in [0.3, 0.4) is 0 Å². The van der Waals surface area contributed by atoms with Gasteiger partial charge in [0.2, 0.25) is 0 Å². The zero-order valence-electron chi connectivity index (χ0n) is 13.8. The van der Waals surface area contributed by atoms with Crippen LogP contribution in [0.5, 0.6) is 11.5 Å². The molecule has 0 radical (unpaired) electrons. The topological polar surface area (TPSA) is 51.6 Å².